The molecule has 0 saturated heterocycles. The summed E-state index contributed by atoms with van der Waals surface area (Å²) in [5, 5.41) is 6.80. The number of hydrogen-bond donors (Lipinski definition) is 1. The van der Waals surface area contributed by atoms with E-state index in [1.807, 2.05) is 0 Å². The Kier molecular flexibility index (Phi) is 2.71. The summed E-state index contributed by atoms with van der Waals surface area (Å²) in [7, 11) is 0. The van der Waals surface area contributed by atoms with Crippen LogP contribution in [0.3, 0.4) is 0 Å². The molecule has 3 nitrogen and oxygen atoms in total. The predicted octanol–water partition coefficient (Wildman–Crippen LogP) is 0.630. The Morgan fingerprint density at radius 1 is 2.00 bits per heavy atom. The first-order chi connectivity index (χ1) is 3.18. The van der Waals surface area contributed by atoms with E-state index in [1.165, 1.54) is 6.92 Å². The maximum Gasteiger partial charge on any atom is 0.359 e. The minimum atomic E-state index is -0.832. The number of carbonyl (C=O) groups is 1. The van der Waals surface area contributed by atoms with Crippen LogP contribution in [0.5, 0.6) is 0 Å². The summed E-state index contributed by atoms with van der Waals surface area (Å²) in [5.41, 5.74) is 0. The molecule has 7 heavy (non-hydrogen) atoms. The van der Waals surface area contributed by atoms with Gasteiger partial charge in [-0.25, -0.2) is 4.79 Å². The summed E-state index contributed by atoms with van der Waals surface area (Å²) in [6, 6.07) is 0. The van der Waals surface area contributed by atoms with Crippen LogP contribution < -0.4 is 0 Å². The molecule has 1 atom stereocenters. The Bertz CT molecular complexity index is 70.6. The molecular weight excluding hydrogens is 119 g/mol. The van der Waals surface area contributed by atoms with Crippen molar-refractivity contribution in [2.75, 3.05) is 0 Å². The summed E-state index contributed by atoms with van der Waals surface area (Å²) >= 11 is 5.09. The molecule has 0 saturated carbocycles. The molecule has 0 radical (unpaired) electrons. The number of halogens is 1. The van der Waals surface area contributed by atoms with Crippen LogP contribution >= 0.6 is 11.6 Å². The van der Waals surface area contributed by atoms with E-state index in [-0.39, 0.29) is 0 Å². The van der Waals surface area contributed by atoms with Crippen LogP contribution in [0, 0.1) is 0 Å². The van der Waals surface area contributed by atoms with Gasteiger partial charge in [-0.3, -0.25) is 4.89 Å². The molecule has 0 spiro atoms. The summed E-state index contributed by atoms with van der Waals surface area (Å²) in [4.78, 5) is 13.1. The second-order valence-corrected chi connectivity index (χ2v) is 1.68. The second-order valence-electron chi connectivity index (χ2n) is 1.03. The Balaban J connectivity index is 3.35. The van der Waals surface area contributed by atoms with Crippen molar-refractivity contribution >= 4 is 17.6 Å². The van der Waals surface area contributed by atoms with Gasteiger partial charge in [0.05, 0.1) is 0 Å². The van der Waals surface area contributed by atoms with Gasteiger partial charge in [0.2, 0.25) is 0 Å². The van der Waals surface area contributed by atoms with Crippen LogP contribution in [0.1, 0.15) is 6.92 Å². The van der Waals surface area contributed by atoms with Crippen molar-refractivity contribution in [1.29, 1.82) is 0 Å². The quantitative estimate of drug-likeness (QED) is 0.317. The second kappa shape index (κ2) is 2.82. The molecule has 0 aromatic rings. The molecule has 0 rings (SSSR count). The fourth-order valence-corrected chi connectivity index (χ4v) is 0.112. The molecular formula is C3H5ClO3. The molecule has 1 unspecified atom stereocenters. The zero-order chi connectivity index (χ0) is 5.86. The van der Waals surface area contributed by atoms with E-state index in [0.29, 0.717) is 0 Å². The van der Waals surface area contributed by atoms with Crippen molar-refractivity contribution < 1.29 is 14.9 Å². The molecule has 0 aromatic heterocycles. The molecule has 0 aliphatic carbocycles. The number of rotatable bonds is 1. The molecule has 0 bridgehead atoms. The maximum atomic E-state index is 9.91. The summed E-state index contributed by atoms with van der Waals surface area (Å²) < 4.78 is 0. The minimum absolute atomic E-state index is 0.773. The largest absolute Gasteiger partial charge is 0.359 e. The van der Waals surface area contributed by atoms with Crippen molar-refractivity contribution in [3.05, 3.63) is 0 Å². The third-order valence-corrected chi connectivity index (χ3v) is 0.593. The Morgan fingerprint density at radius 2 is 2.43 bits per heavy atom. The summed E-state index contributed by atoms with van der Waals surface area (Å²) in [6.07, 6.45) is 0. The van der Waals surface area contributed by atoms with E-state index in [0.717, 1.165) is 0 Å². The van der Waals surface area contributed by atoms with E-state index in [2.05, 4.69) is 4.89 Å². The normalized spacial score (nSPS) is 13.0. The highest BCUT2D eigenvalue weighted by Crippen LogP contribution is 1.93. The topological polar surface area (TPSA) is 46.5 Å². The van der Waals surface area contributed by atoms with Gasteiger partial charge in [0.25, 0.3) is 0 Å². The predicted molar refractivity (Wildman–Crippen MR) is 24.0 cm³/mol. The van der Waals surface area contributed by atoms with Crippen LogP contribution in [0.15, 0.2) is 0 Å². The monoisotopic (exact) mass is 124 g/mol. The van der Waals surface area contributed by atoms with Crippen molar-refractivity contribution in [3.63, 3.8) is 0 Å². The van der Waals surface area contributed by atoms with E-state index < -0.39 is 11.3 Å². The van der Waals surface area contributed by atoms with Gasteiger partial charge in [0, 0.05) is 0 Å². The van der Waals surface area contributed by atoms with Crippen LogP contribution in [-0.2, 0) is 9.68 Å². The van der Waals surface area contributed by atoms with E-state index >= 15 is 0 Å². The van der Waals surface area contributed by atoms with Crippen molar-refractivity contribution in [2.45, 2.75) is 12.3 Å². The average molecular weight is 125 g/mol. The van der Waals surface area contributed by atoms with Gasteiger partial charge in [-0.1, -0.05) is 0 Å². The zero-order valence-electron chi connectivity index (χ0n) is 3.72. The third-order valence-electron chi connectivity index (χ3n) is 0.415. The smallest absolute Gasteiger partial charge is 0.299 e. The molecule has 0 aromatic carbocycles. The fraction of sp³-hybridized carbons (Fsp3) is 0.667. The molecule has 0 aliphatic rings. The molecule has 1 N–H and O–H groups in total. The Morgan fingerprint density at radius 3 is 2.43 bits per heavy atom. The number of carbonyl (C=O) groups excluding carboxylic acids is 1. The van der Waals surface area contributed by atoms with E-state index in [1.54, 1.807) is 0 Å². The molecule has 4 heteroatoms. The van der Waals surface area contributed by atoms with Gasteiger partial charge in [-0.05, 0) is 6.92 Å². The lowest BCUT2D eigenvalue weighted by Gasteiger charge is -1.92. The van der Waals surface area contributed by atoms with Crippen molar-refractivity contribution in [1.82, 2.24) is 0 Å². The molecule has 0 heterocycles. The zero-order valence-corrected chi connectivity index (χ0v) is 4.47. The summed E-state index contributed by atoms with van der Waals surface area (Å²) in [5.74, 6) is -0.832. The SMILES string of the molecule is CC(Cl)C(=O)OO. The lowest BCUT2D eigenvalue weighted by atomic mass is 10.5. The lowest BCUT2D eigenvalue weighted by molar-refractivity contribution is -0.233. The lowest BCUT2D eigenvalue weighted by Crippen LogP contribution is -2.11. The number of alkyl halides is 1. The van der Waals surface area contributed by atoms with Gasteiger partial charge >= 0.3 is 5.97 Å². The van der Waals surface area contributed by atoms with Gasteiger partial charge in [0.1, 0.15) is 5.38 Å². The van der Waals surface area contributed by atoms with Gasteiger partial charge in [0.15, 0.2) is 0 Å². The first-order valence-corrected chi connectivity index (χ1v) is 2.11. The third kappa shape index (κ3) is 2.42. The Hall–Kier alpha value is -0.280. The number of hydrogen-bond acceptors (Lipinski definition) is 3. The first kappa shape index (κ1) is 6.72. The van der Waals surface area contributed by atoms with Gasteiger partial charge in [-0.2, -0.15) is 5.26 Å². The molecule has 0 aliphatic heterocycles. The highest BCUT2D eigenvalue weighted by Gasteiger charge is 2.08. The standard InChI is InChI=1S/C3H5ClO3/c1-2(4)3(5)7-6/h2,6H,1H3. The Labute approximate surface area is 45.8 Å². The first-order valence-electron chi connectivity index (χ1n) is 1.68. The molecule has 0 amide bonds. The van der Waals surface area contributed by atoms with E-state index in [4.69, 9.17) is 16.9 Å². The highest BCUT2D eigenvalue weighted by molar-refractivity contribution is 6.29. The van der Waals surface area contributed by atoms with Crippen molar-refractivity contribution in [3.8, 4) is 0 Å². The van der Waals surface area contributed by atoms with E-state index in [9.17, 15) is 4.79 Å². The van der Waals surface area contributed by atoms with Crippen LogP contribution in [0.4, 0.5) is 0 Å². The van der Waals surface area contributed by atoms with Crippen LogP contribution in [0.2, 0.25) is 0 Å². The highest BCUT2D eigenvalue weighted by atomic mass is 35.5. The molecule has 42 valence electrons. The van der Waals surface area contributed by atoms with Gasteiger partial charge < -0.3 is 0 Å². The van der Waals surface area contributed by atoms with Crippen molar-refractivity contribution in [2.24, 2.45) is 0 Å². The fourth-order valence-electron chi connectivity index (χ4n) is 0.0726. The molecule has 0 fully saturated rings. The summed E-state index contributed by atoms with van der Waals surface area (Å²) in [6.45, 7) is 1.40. The van der Waals surface area contributed by atoms with Crippen LogP contribution in [-0.4, -0.2) is 16.6 Å². The minimum Gasteiger partial charge on any atom is -0.299 e. The van der Waals surface area contributed by atoms with Gasteiger partial charge in [-0.15, -0.1) is 11.6 Å². The maximum absolute atomic E-state index is 9.91. The average Bonchev–Trinajstić information content (AvgIpc) is 1.65. The van der Waals surface area contributed by atoms with Crippen LogP contribution in [0.25, 0.3) is 0 Å².